The quantitative estimate of drug-likeness (QED) is 0.821. The van der Waals surface area contributed by atoms with Crippen LogP contribution >= 0.6 is 23.2 Å². The third-order valence-corrected chi connectivity index (χ3v) is 6.95. The Bertz CT molecular complexity index is 930. The zero-order chi connectivity index (χ0) is 18.9. The Morgan fingerprint density at radius 2 is 1.85 bits per heavy atom. The van der Waals surface area contributed by atoms with Crippen molar-refractivity contribution in [3.63, 3.8) is 0 Å². The number of nitrogens with zero attached hydrogens (tertiary/aromatic N) is 1. The molecule has 0 spiro atoms. The number of amides is 1. The van der Waals surface area contributed by atoms with E-state index in [0.717, 1.165) is 5.56 Å². The van der Waals surface area contributed by atoms with E-state index in [2.05, 4.69) is 5.32 Å². The lowest BCUT2D eigenvalue weighted by Gasteiger charge is -2.23. The van der Waals surface area contributed by atoms with Gasteiger partial charge < -0.3 is 5.32 Å². The summed E-state index contributed by atoms with van der Waals surface area (Å²) in [7, 11) is -3.76. The normalized spacial score (nSPS) is 18.0. The molecule has 0 unspecified atom stereocenters. The van der Waals surface area contributed by atoms with E-state index in [1.54, 1.807) is 18.2 Å². The minimum Gasteiger partial charge on any atom is -0.325 e. The van der Waals surface area contributed by atoms with Crippen LogP contribution in [0.25, 0.3) is 0 Å². The maximum atomic E-state index is 12.9. The minimum atomic E-state index is -3.76. The van der Waals surface area contributed by atoms with Gasteiger partial charge in [0.1, 0.15) is 6.04 Å². The third kappa shape index (κ3) is 3.88. The van der Waals surface area contributed by atoms with Gasteiger partial charge in [-0.3, -0.25) is 4.79 Å². The van der Waals surface area contributed by atoms with Crippen molar-refractivity contribution in [2.75, 3.05) is 11.9 Å². The summed E-state index contributed by atoms with van der Waals surface area (Å²) in [5.74, 6) is -0.346. The van der Waals surface area contributed by atoms with E-state index < -0.39 is 16.1 Å². The zero-order valence-corrected chi connectivity index (χ0v) is 16.4. The fourth-order valence-electron chi connectivity index (χ4n) is 2.98. The summed E-state index contributed by atoms with van der Waals surface area (Å²) in [5, 5.41) is 3.85. The average Bonchev–Trinajstić information content (AvgIpc) is 3.09. The van der Waals surface area contributed by atoms with Crippen LogP contribution in [0.2, 0.25) is 10.0 Å². The molecule has 1 amide bonds. The molecule has 5 nitrogen and oxygen atoms in total. The molecule has 0 bridgehead atoms. The van der Waals surface area contributed by atoms with Crippen LogP contribution in [-0.2, 0) is 14.8 Å². The Kier molecular flexibility index (Phi) is 5.58. The molecule has 1 saturated heterocycles. The smallest absolute Gasteiger partial charge is 0.243 e. The number of nitrogens with one attached hydrogen (secondary N) is 1. The van der Waals surface area contributed by atoms with Crippen LogP contribution < -0.4 is 5.32 Å². The van der Waals surface area contributed by atoms with Crippen LogP contribution in [0.4, 0.5) is 5.69 Å². The Morgan fingerprint density at radius 1 is 1.15 bits per heavy atom. The Balaban J connectivity index is 1.81. The molecule has 0 aromatic heterocycles. The van der Waals surface area contributed by atoms with E-state index in [1.807, 2.05) is 6.92 Å². The Labute approximate surface area is 163 Å². The molecule has 2 aromatic carbocycles. The van der Waals surface area contributed by atoms with Crippen molar-refractivity contribution in [3.8, 4) is 0 Å². The highest BCUT2D eigenvalue weighted by Gasteiger charge is 2.39. The molecule has 138 valence electrons. The van der Waals surface area contributed by atoms with Gasteiger partial charge in [-0.1, -0.05) is 23.2 Å². The van der Waals surface area contributed by atoms with Crippen LogP contribution in [0.5, 0.6) is 0 Å². The fourth-order valence-corrected chi connectivity index (χ4v) is 4.88. The summed E-state index contributed by atoms with van der Waals surface area (Å²) in [4.78, 5) is 12.8. The van der Waals surface area contributed by atoms with Crippen LogP contribution in [0.1, 0.15) is 18.4 Å². The van der Waals surface area contributed by atoms with Crippen molar-refractivity contribution < 1.29 is 13.2 Å². The molecule has 0 aliphatic carbocycles. The predicted octanol–water partition coefficient (Wildman–Crippen LogP) is 4.09. The first-order valence-corrected chi connectivity index (χ1v) is 10.3. The van der Waals surface area contributed by atoms with Gasteiger partial charge in [-0.15, -0.1) is 0 Å². The largest absolute Gasteiger partial charge is 0.325 e. The summed E-state index contributed by atoms with van der Waals surface area (Å²) in [6.07, 6.45) is 1.11. The van der Waals surface area contributed by atoms with E-state index in [4.69, 9.17) is 23.2 Å². The molecule has 0 radical (unpaired) electrons. The standard InChI is InChI=1S/C18H18Cl2N2O3S/c1-12-11-14(6-9-16(12)20)21-18(23)17-3-2-10-22(17)26(24,25)15-7-4-13(19)5-8-15/h4-9,11,17H,2-3,10H2,1H3,(H,21,23)/t17-/m1/s1. The maximum absolute atomic E-state index is 12.9. The van der Waals surface area contributed by atoms with Gasteiger partial charge in [0, 0.05) is 22.3 Å². The van der Waals surface area contributed by atoms with Crippen molar-refractivity contribution in [1.82, 2.24) is 4.31 Å². The number of anilines is 1. The topological polar surface area (TPSA) is 66.5 Å². The maximum Gasteiger partial charge on any atom is 0.243 e. The van der Waals surface area contributed by atoms with Crippen LogP contribution in [0, 0.1) is 6.92 Å². The van der Waals surface area contributed by atoms with Crippen molar-refractivity contribution >= 4 is 44.8 Å². The molecule has 3 rings (SSSR count). The van der Waals surface area contributed by atoms with E-state index in [0.29, 0.717) is 35.1 Å². The first kappa shape index (κ1) is 19.2. The van der Waals surface area contributed by atoms with Crippen molar-refractivity contribution in [1.29, 1.82) is 0 Å². The van der Waals surface area contributed by atoms with E-state index in [9.17, 15) is 13.2 Å². The molecule has 0 saturated carbocycles. The predicted molar refractivity (Wildman–Crippen MR) is 103 cm³/mol. The van der Waals surface area contributed by atoms with Crippen LogP contribution in [0.15, 0.2) is 47.4 Å². The van der Waals surface area contributed by atoms with Gasteiger partial charge in [0.25, 0.3) is 0 Å². The first-order chi connectivity index (χ1) is 12.3. The molecule has 1 fully saturated rings. The lowest BCUT2D eigenvalue weighted by atomic mass is 10.2. The van der Waals surface area contributed by atoms with E-state index in [1.165, 1.54) is 28.6 Å². The van der Waals surface area contributed by atoms with Crippen molar-refractivity contribution in [3.05, 3.63) is 58.1 Å². The van der Waals surface area contributed by atoms with Gasteiger partial charge in [-0.25, -0.2) is 8.42 Å². The van der Waals surface area contributed by atoms with Gasteiger partial charge in [0.2, 0.25) is 15.9 Å². The monoisotopic (exact) mass is 412 g/mol. The number of hydrogen-bond acceptors (Lipinski definition) is 3. The van der Waals surface area contributed by atoms with Gasteiger partial charge in [0.15, 0.2) is 0 Å². The summed E-state index contributed by atoms with van der Waals surface area (Å²) in [6.45, 7) is 2.15. The molecular formula is C18H18Cl2N2O3S. The molecular weight excluding hydrogens is 395 g/mol. The number of carbonyl (C=O) groups excluding carboxylic acids is 1. The first-order valence-electron chi connectivity index (χ1n) is 8.13. The van der Waals surface area contributed by atoms with Crippen LogP contribution in [0.3, 0.4) is 0 Å². The number of halogens is 2. The number of aryl methyl sites for hydroxylation is 1. The van der Waals surface area contributed by atoms with E-state index in [-0.39, 0.29) is 10.8 Å². The molecule has 1 heterocycles. The lowest BCUT2D eigenvalue weighted by molar-refractivity contribution is -0.119. The SMILES string of the molecule is Cc1cc(NC(=O)[C@H]2CCCN2S(=O)(=O)c2ccc(Cl)cc2)ccc1Cl. The minimum absolute atomic E-state index is 0.129. The van der Waals surface area contributed by atoms with Crippen molar-refractivity contribution in [2.24, 2.45) is 0 Å². The molecule has 8 heteroatoms. The van der Waals surface area contributed by atoms with Gasteiger partial charge in [-0.2, -0.15) is 4.31 Å². The Morgan fingerprint density at radius 3 is 2.50 bits per heavy atom. The van der Waals surface area contributed by atoms with Gasteiger partial charge in [-0.05, 0) is 67.8 Å². The lowest BCUT2D eigenvalue weighted by Crippen LogP contribution is -2.43. The summed E-state index contributed by atoms with van der Waals surface area (Å²) in [5.41, 5.74) is 1.43. The number of sulfonamides is 1. The number of carbonyl (C=O) groups is 1. The van der Waals surface area contributed by atoms with Gasteiger partial charge >= 0.3 is 0 Å². The molecule has 26 heavy (non-hydrogen) atoms. The van der Waals surface area contributed by atoms with Gasteiger partial charge in [0.05, 0.1) is 4.90 Å². The van der Waals surface area contributed by atoms with Crippen LogP contribution in [-0.4, -0.2) is 31.2 Å². The number of benzene rings is 2. The van der Waals surface area contributed by atoms with Crippen molar-refractivity contribution in [2.45, 2.75) is 30.7 Å². The second kappa shape index (κ2) is 7.56. The molecule has 2 aromatic rings. The highest BCUT2D eigenvalue weighted by atomic mass is 35.5. The number of hydrogen-bond donors (Lipinski definition) is 1. The Hall–Kier alpha value is -1.60. The molecule has 1 aliphatic rings. The fraction of sp³-hybridized carbons (Fsp3) is 0.278. The van der Waals surface area contributed by atoms with E-state index >= 15 is 0 Å². The third-order valence-electron chi connectivity index (χ3n) is 4.35. The average molecular weight is 413 g/mol. The summed E-state index contributed by atoms with van der Waals surface area (Å²) >= 11 is 11.8. The molecule has 1 N–H and O–H groups in total. The highest BCUT2D eigenvalue weighted by Crippen LogP contribution is 2.28. The zero-order valence-electron chi connectivity index (χ0n) is 14.1. The summed E-state index contributed by atoms with van der Waals surface area (Å²) in [6, 6.07) is 10.4. The summed E-state index contributed by atoms with van der Waals surface area (Å²) < 4.78 is 27.1. The number of rotatable bonds is 4. The molecule has 1 atom stereocenters. The highest BCUT2D eigenvalue weighted by molar-refractivity contribution is 7.89. The second-order valence-corrected chi connectivity index (χ2v) is 8.92. The molecule has 1 aliphatic heterocycles. The second-order valence-electron chi connectivity index (χ2n) is 6.18.